The molecule has 0 aliphatic rings. The van der Waals surface area contributed by atoms with Crippen LogP contribution in [-0.4, -0.2) is 14.2 Å². The molecule has 4 heteroatoms. The van der Waals surface area contributed by atoms with Crippen molar-refractivity contribution in [2.24, 2.45) is 0 Å². The van der Waals surface area contributed by atoms with Gasteiger partial charge in [-0.3, -0.25) is 0 Å². The van der Waals surface area contributed by atoms with Crippen molar-refractivity contribution in [2.45, 2.75) is 17.1 Å². The number of alkyl halides is 2. The molecule has 0 spiro atoms. The summed E-state index contributed by atoms with van der Waals surface area (Å²) in [6.45, 7) is 0. The van der Waals surface area contributed by atoms with Crippen LogP contribution in [0.3, 0.4) is 0 Å². The van der Waals surface area contributed by atoms with E-state index < -0.39 is 0 Å². The minimum absolute atomic E-state index is 0.731. The monoisotopic (exact) mass is 512 g/mol. The molecule has 4 rings (SSSR count). The fraction of sp³-hybridized carbons (Fsp3) is 0.200. The Morgan fingerprint density at radius 2 is 1.07 bits per heavy atom. The van der Waals surface area contributed by atoms with Gasteiger partial charge in [0.15, 0.2) is 0 Å². The molecule has 0 radical (unpaired) electrons. The Morgan fingerprint density at radius 1 is 0.655 bits per heavy atom. The Bertz CT molecular complexity index is 1090. The maximum atomic E-state index is 5.91. The van der Waals surface area contributed by atoms with Gasteiger partial charge in [-0.2, -0.15) is 0 Å². The summed E-state index contributed by atoms with van der Waals surface area (Å²) in [5, 5.41) is 6.35. The quantitative estimate of drug-likeness (QED) is 0.250. The molecule has 0 aromatic heterocycles. The predicted molar refractivity (Wildman–Crippen MR) is 129 cm³/mol. The first-order chi connectivity index (χ1) is 14.2. The van der Waals surface area contributed by atoms with Gasteiger partial charge in [0.1, 0.15) is 11.5 Å². The van der Waals surface area contributed by atoms with Crippen molar-refractivity contribution in [3.05, 3.63) is 82.9 Å². The summed E-state index contributed by atoms with van der Waals surface area (Å²) in [5.74, 6) is 1.88. The maximum absolute atomic E-state index is 5.91. The highest BCUT2D eigenvalue weighted by Gasteiger charge is 2.19. The second-order valence-corrected chi connectivity index (χ2v) is 8.10. The first-order valence-corrected chi connectivity index (χ1v) is 11.7. The van der Waals surface area contributed by atoms with Crippen molar-refractivity contribution in [2.75, 3.05) is 14.2 Å². The molecule has 0 aliphatic carbocycles. The lowest BCUT2D eigenvalue weighted by Crippen LogP contribution is -2.03. The number of fused-ring (bicyclic) bond motifs is 2. The molecule has 0 heterocycles. The average molecular weight is 514 g/mol. The van der Waals surface area contributed by atoms with E-state index >= 15 is 0 Å². The zero-order valence-corrected chi connectivity index (χ0v) is 19.6. The maximum Gasteiger partial charge on any atom is 0.127 e. The zero-order valence-electron chi connectivity index (χ0n) is 16.5. The Kier molecular flexibility index (Phi) is 6.12. The molecule has 0 fully saturated rings. The summed E-state index contributed by atoms with van der Waals surface area (Å²) in [5.41, 5.74) is 4.69. The van der Waals surface area contributed by atoms with E-state index in [4.69, 9.17) is 9.47 Å². The molecular weight excluding hydrogens is 492 g/mol. The van der Waals surface area contributed by atoms with Crippen LogP contribution in [0, 0.1) is 0 Å². The van der Waals surface area contributed by atoms with E-state index in [1.165, 1.54) is 32.7 Å². The Balaban J connectivity index is 2.04. The van der Waals surface area contributed by atoms with Crippen LogP contribution in [0.15, 0.2) is 60.7 Å². The summed E-state index contributed by atoms with van der Waals surface area (Å²) < 4.78 is 11.8. The molecule has 0 saturated carbocycles. The summed E-state index contributed by atoms with van der Waals surface area (Å²) >= 11 is 7.27. The van der Waals surface area contributed by atoms with E-state index in [1.54, 1.807) is 14.2 Å². The normalized spacial score (nSPS) is 11.2. The van der Waals surface area contributed by atoms with Gasteiger partial charge in [0.25, 0.3) is 0 Å². The minimum atomic E-state index is 0.731. The Morgan fingerprint density at radius 3 is 1.45 bits per heavy atom. The van der Waals surface area contributed by atoms with Crippen molar-refractivity contribution < 1.29 is 9.47 Å². The number of hydrogen-bond donors (Lipinski definition) is 0. The Hall–Kier alpha value is -2.04. The summed E-state index contributed by atoms with van der Waals surface area (Å²) in [4.78, 5) is 0. The highest BCUT2D eigenvalue weighted by molar-refractivity contribution is 9.08. The molecule has 0 saturated heterocycles. The van der Waals surface area contributed by atoms with Gasteiger partial charge in [0.2, 0.25) is 0 Å². The van der Waals surface area contributed by atoms with E-state index in [1.807, 2.05) is 0 Å². The van der Waals surface area contributed by atoms with Crippen LogP contribution >= 0.6 is 31.9 Å². The first-order valence-electron chi connectivity index (χ1n) is 9.48. The highest BCUT2D eigenvalue weighted by Crippen LogP contribution is 2.40. The van der Waals surface area contributed by atoms with E-state index in [9.17, 15) is 0 Å². The topological polar surface area (TPSA) is 18.5 Å². The van der Waals surface area contributed by atoms with Gasteiger partial charge in [-0.25, -0.2) is 0 Å². The molecule has 0 bridgehead atoms. The second-order valence-electron chi connectivity index (χ2n) is 6.98. The second kappa shape index (κ2) is 8.76. The van der Waals surface area contributed by atoms with Crippen molar-refractivity contribution in [1.82, 2.24) is 0 Å². The molecule has 4 aromatic rings. The van der Waals surface area contributed by atoms with Crippen molar-refractivity contribution in [1.29, 1.82) is 0 Å². The minimum Gasteiger partial charge on any atom is -0.496 e. The lowest BCUT2D eigenvalue weighted by molar-refractivity contribution is 0.403. The smallest absolute Gasteiger partial charge is 0.127 e. The predicted octanol–water partition coefficient (Wildman–Crippen LogP) is 7.39. The van der Waals surface area contributed by atoms with Gasteiger partial charge in [-0.15, -0.1) is 0 Å². The molecular formula is C25H22Br2O2. The number of rotatable bonds is 6. The molecule has 2 nitrogen and oxygen atoms in total. The van der Waals surface area contributed by atoms with E-state index in [-0.39, 0.29) is 0 Å². The van der Waals surface area contributed by atoms with Crippen LogP contribution < -0.4 is 9.47 Å². The third kappa shape index (κ3) is 3.64. The van der Waals surface area contributed by atoms with Crippen LogP contribution in [0.25, 0.3) is 21.5 Å². The Labute approximate surface area is 188 Å². The summed E-state index contributed by atoms with van der Waals surface area (Å²) in [6, 6.07) is 21.4. The standard InChI is InChI=1S/C25H22Br2O2/c1-28-24-18(14-26)11-16-7-3-5-9-20(16)22(24)13-23-21-10-6-4-8-17(21)12-19(15-27)25(23)29-2/h3-12H,13-15H2,1-2H3. The molecule has 4 aromatic carbocycles. The zero-order chi connectivity index (χ0) is 20.4. The molecule has 29 heavy (non-hydrogen) atoms. The third-order valence-electron chi connectivity index (χ3n) is 5.41. The van der Waals surface area contributed by atoms with Gasteiger partial charge in [-0.05, 0) is 33.7 Å². The van der Waals surface area contributed by atoms with Crippen LogP contribution in [0.1, 0.15) is 22.3 Å². The number of methoxy groups -OCH3 is 2. The largest absolute Gasteiger partial charge is 0.496 e. The number of benzene rings is 4. The molecule has 0 aliphatic heterocycles. The fourth-order valence-corrected chi connectivity index (χ4v) is 5.00. The van der Waals surface area contributed by atoms with Gasteiger partial charge < -0.3 is 9.47 Å². The van der Waals surface area contributed by atoms with Gasteiger partial charge in [-0.1, -0.05) is 80.4 Å². The average Bonchev–Trinajstić information content (AvgIpc) is 2.78. The van der Waals surface area contributed by atoms with Crippen molar-refractivity contribution >= 4 is 53.4 Å². The molecule has 0 amide bonds. The summed E-state index contributed by atoms with van der Waals surface area (Å²) in [7, 11) is 3.51. The third-order valence-corrected chi connectivity index (χ3v) is 6.62. The number of halogens is 2. The number of ether oxygens (including phenoxy) is 2. The van der Waals surface area contributed by atoms with E-state index in [0.29, 0.717) is 0 Å². The first kappa shape index (κ1) is 20.2. The van der Waals surface area contributed by atoms with Crippen LogP contribution in [0.2, 0.25) is 0 Å². The molecule has 0 N–H and O–H groups in total. The summed E-state index contributed by atoms with van der Waals surface area (Å²) in [6.07, 6.45) is 0.731. The van der Waals surface area contributed by atoms with Crippen LogP contribution in [0.4, 0.5) is 0 Å². The molecule has 0 atom stereocenters. The van der Waals surface area contributed by atoms with Crippen LogP contribution in [-0.2, 0) is 17.1 Å². The van der Waals surface area contributed by atoms with Crippen LogP contribution in [0.5, 0.6) is 11.5 Å². The SMILES string of the molecule is COc1c(CBr)cc2ccccc2c1Cc1c(OC)c(CBr)cc2ccccc12. The fourth-order valence-electron chi connectivity index (χ4n) is 4.17. The highest BCUT2D eigenvalue weighted by atomic mass is 79.9. The van der Waals surface area contributed by atoms with E-state index in [2.05, 4.69) is 92.5 Å². The lowest BCUT2D eigenvalue weighted by Gasteiger charge is -2.20. The molecule has 148 valence electrons. The number of hydrogen-bond acceptors (Lipinski definition) is 2. The van der Waals surface area contributed by atoms with Gasteiger partial charge in [0.05, 0.1) is 14.2 Å². The lowest BCUT2D eigenvalue weighted by atomic mass is 9.91. The van der Waals surface area contributed by atoms with Crippen molar-refractivity contribution in [3.8, 4) is 11.5 Å². The van der Waals surface area contributed by atoms with Gasteiger partial charge >= 0.3 is 0 Å². The molecule has 0 unspecified atom stereocenters. The van der Waals surface area contributed by atoms with Crippen molar-refractivity contribution in [3.63, 3.8) is 0 Å². The van der Waals surface area contributed by atoms with E-state index in [0.717, 1.165) is 39.7 Å². The van der Waals surface area contributed by atoms with Gasteiger partial charge in [0, 0.05) is 39.3 Å².